The van der Waals surface area contributed by atoms with E-state index in [9.17, 15) is 14.7 Å². The number of rotatable bonds is 4. The number of nitrogens with one attached hydrogen (secondary N) is 2. The zero-order chi connectivity index (χ0) is 15.5. The van der Waals surface area contributed by atoms with Crippen LogP contribution in [0.1, 0.15) is 25.7 Å². The van der Waals surface area contributed by atoms with Gasteiger partial charge in [-0.2, -0.15) is 0 Å². The summed E-state index contributed by atoms with van der Waals surface area (Å²) >= 11 is 3.32. The highest BCUT2D eigenvalue weighted by Crippen LogP contribution is 2.31. The number of methoxy groups -OCH3 is 1. The molecule has 2 amide bonds. The number of carbonyl (C=O) groups excluding carboxylic acids is 1. The average Bonchev–Trinajstić information content (AvgIpc) is 2.88. The number of ether oxygens (including phenoxy) is 1. The number of carboxylic acid groups (broad SMARTS) is 1. The molecule has 0 atom stereocenters. The van der Waals surface area contributed by atoms with Crippen molar-refractivity contribution in [1.82, 2.24) is 5.32 Å². The van der Waals surface area contributed by atoms with Crippen molar-refractivity contribution in [3.63, 3.8) is 0 Å². The van der Waals surface area contributed by atoms with E-state index in [1.54, 1.807) is 18.2 Å². The van der Waals surface area contributed by atoms with Crippen molar-refractivity contribution in [3.05, 3.63) is 22.7 Å². The molecular weight excluding hydrogens is 340 g/mol. The van der Waals surface area contributed by atoms with Gasteiger partial charge in [-0.05, 0) is 31.0 Å². The highest BCUT2D eigenvalue weighted by molar-refractivity contribution is 9.10. The molecule has 1 aromatic rings. The summed E-state index contributed by atoms with van der Waals surface area (Å²) in [6.07, 6.45) is 2.50. The van der Waals surface area contributed by atoms with E-state index < -0.39 is 17.5 Å². The molecule has 1 aliphatic rings. The first kappa shape index (κ1) is 15.6. The number of carboxylic acids is 1. The minimum atomic E-state index is -1.16. The van der Waals surface area contributed by atoms with Crippen LogP contribution in [-0.4, -0.2) is 29.8 Å². The van der Waals surface area contributed by atoms with Crippen LogP contribution < -0.4 is 15.4 Å². The third-order valence-electron chi connectivity index (χ3n) is 3.63. The molecule has 0 bridgehead atoms. The normalized spacial score (nSPS) is 16.3. The fraction of sp³-hybridized carbons (Fsp3) is 0.429. The Balaban J connectivity index is 2.11. The maximum Gasteiger partial charge on any atom is 0.329 e. The molecule has 0 aliphatic heterocycles. The van der Waals surface area contributed by atoms with Gasteiger partial charge in [0.25, 0.3) is 0 Å². The van der Waals surface area contributed by atoms with Gasteiger partial charge < -0.3 is 20.5 Å². The standard InChI is InChI=1S/C14H17BrN2O4/c1-21-11-5-4-9(15)8-10(11)16-13(20)17-14(12(18)19)6-2-3-7-14/h4-5,8H,2-3,6-7H2,1H3,(H,18,19)(H2,16,17,20). The fourth-order valence-electron chi connectivity index (χ4n) is 2.52. The van der Waals surface area contributed by atoms with Gasteiger partial charge in [0.15, 0.2) is 0 Å². The predicted molar refractivity (Wildman–Crippen MR) is 81.7 cm³/mol. The highest BCUT2D eigenvalue weighted by atomic mass is 79.9. The van der Waals surface area contributed by atoms with E-state index in [-0.39, 0.29) is 0 Å². The van der Waals surface area contributed by atoms with E-state index >= 15 is 0 Å². The minimum Gasteiger partial charge on any atom is -0.495 e. The lowest BCUT2D eigenvalue weighted by Gasteiger charge is -2.25. The summed E-state index contributed by atoms with van der Waals surface area (Å²) in [5.41, 5.74) is -0.688. The molecule has 1 fully saturated rings. The molecule has 7 heteroatoms. The van der Waals surface area contributed by atoms with Crippen LogP contribution in [0.5, 0.6) is 5.75 Å². The summed E-state index contributed by atoms with van der Waals surface area (Å²) in [5, 5.41) is 14.6. The number of anilines is 1. The Morgan fingerprint density at radius 2 is 2.00 bits per heavy atom. The SMILES string of the molecule is COc1ccc(Br)cc1NC(=O)NC1(C(=O)O)CCCC1. The molecule has 2 rings (SSSR count). The van der Waals surface area contributed by atoms with Gasteiger partial charge in [-0.3, -0.25) is 0 Å². The monoisotopic (exact) mass is 356 g/mol. The van der Waals surface area contributed by atoms with Crippen LogP contribution in [0.3, 0.4) is 0 Å². The summed E-state index contributed by atoms with van der Waals surface area (Å²) in [6.45, 7) is 0. The van der Waals surface area contributed by atoms with Gasteiger partial charge in [-0.1, -0.05) is 28.8 Å². The number of amides is 2. The van der Waals surface area contributed by atoms with Gasteiger partial charge in [0, 0.05) is 4.47 Å². The topological polar surface area (TPSA) is 87.7 Å². The highest BCUT2D eigenvalue weighted by Gasteiger charge is 2.42. The third kappa shape index (κ3) is 3.47. The Bertz CT molecular complexity index is 556. The Labute approximate surface area is 131 Å². The van der Waals surface area contributed by atoms with Crippen molar-refractivity contribution in [2.45, 2.75) is 31.2 Å². The molecule has 0 spiro atoms. The summed E-state index contributed by atoms with van der Waals surface area (Å²) in [5.74, 6) is -0.486. The number of halogens is 1. The molecule has 114 valence electrons. The van der Waals surface area contributed by atoms with Crippen molar-refractivity contribution < 1.29 is 19.4 Å². The molecule has 0 radical (unpaired) electrons. The summed E-state index contributed by atoms with van der Waals surface area (Å²) < 4.78 is 5.95. The van der Waals surface area contributed by atoms with Crippen LogP contribution in [0.15, 0.2) is 22.7 Å². The van der Waals surface area contributed by atoms with Gasteiger partial charge in [0.2, 0.25) is 0 Å². The van der Waals surface area contributed by atoms with Crippen LogP contribution in [0, 0.1) is 0 Å². The number of hydrogen-bond donors (Lipinski definition) is 3. The van der Waals surface area contributed by atoms with Gasteiger partial charge >= 0.3 is 12.0 Å². The smallest absolute Gasteiger partial charge is 0.329 e. The average molecular weight is 357 g/mol. The number of benzene rings is 1. The Hall–Kier alpha value is -1.76. The van der Waals surface area contributed by atoms with E-state index in [1.165, 1.54) is 7.11 Å². The maximum atomic E-state index is 12.1. The zero-order valence-electron chi connectivity index (χ0n) is 11.6. The van der Waals surface area contributed by atoms with Crippen LogP contribution in [0.4, 0.5) is 10.5 Å². The first-order chi connectivity index (χ1) is 9.97. The lowest BCUT2D eigenvalue weighted by atomic mass is 9.98. The van der Waals surface area contributed by atoms with Gasteiger partial charge in [0.05, 0.1) is 12.8 Å². The van der Waals surface area contributed by atoms with Gasteiger partial charge in [-0.25, -0.2) is 9.59 Å². The van der Waals surface area contributed by atoms with Gasteiger partial charge in [0.1, 0.15) is 11.3 Å². The number of aliphatic carboxylic acids is 1. The summed E-state index contributed by atoms with van der Waals surface area (Å²) in [7, 11) is 1.50. The Kier molecular flexibility index (Phi) is 4.72. The molecule has 0 saturated heterocycles. The molecule has 3 N–H and O–H groups in total. The predicted octanol–water partition coefficient (Wildman–Crippen LogP) is 2.98. The van der Waals surface area contributed by atoms with E-state index in [1.807, 2.05) is 0 Å². The largest absolute Gasteiger partial charge is 0.495 e. The van der Waals surface area contributed by atoms with E-state index in [2.05, 4.69) is 26.6 Å². The van der Waals surface area contributed by atoms with Crippen molar-refractivity contribution in [1.29, 1.82) is 0 Å². The second-order valence-corrected chi connectivity index (χ2v) is 5.93. The quantitative estimate of drug-likeness (QED) is 0.773. The van der Waals surface area contributed by atoms with Crippen molar-refractivity contribution in [2.75, 3.05) is 12.4 Å². The maximum absolute atomic E-state index is 12.1. The van der Waals surface area contributed by atoms with E-state index in [4.69, 9.17) is 4.74 Å². The molecule has 1 saturated carbocycles. The Morgan fingerprint density at radius 3 is 2.57 bits per heavy atom. The van der Waals surface area contributed by atoms with Crippen LogP contribution in [-0.2, 0) is 4.79 Å². The van der Waals surface area contributed by atoms with Crippen LogP contribution in [0.25, 0.3) is 0 Å². The third-order valence-corrected chi connectivity index (χ3v) is 4.12. The van der Waals surface area contributed by atoms with E-state index in [0.717, 1.165) is 17.3 Å². The van der Waals surface area contributed by atoms with E-state index in [0.29, 0.717) is 24.3 Å². The molecule has 0 aromatic heterocycles. The van der Waals surface area contributed by atoms with Crippen LogP contribution in [0.2, 0.25) is 0 Å². The number of hydrogen-bond acceptors (Lipinski definition) is 3. The lowest BCUT2D eigenvalue weighted by molar-refractivity contribution is -0.144. The second-order valence-electron chi connectivity index (χ2n) is 5.02. The van der Waals surface area contributed by atoms with Crippen molar-refractivity contribution >= 4 is 33.6 Å². The minimum absolute atomic E-state index is 0.450. The van der Waals surface area contributed by atoms with Crippen LogP contribution >= 0.6 is 15.9 Å². The number of carbonyl (C=O) groups is 2. The molecular formula is C14H17BrN2O4. The zero-order valence-corrected chi connectivity index (χ0v) is 13.2. The first-order valence-electron chi connectivity index (χ1n) is 6.63. The summed E-state index contributed by atoms with van der Waals surface area (Å²) in [4.78, 5) is 23.5. The van der Waals surface area contributed by atoms with Crippen molar-refractivity contribution in [2.24, 2.45) is 0 Å². The molecule has 6 nitrogen and oxygen atoms in total. The molecule has 1 aromatic carbocycles. The first-order valence-corrected chi connectivity index (χ1v) is 7.42. The molecule has 0 heterocycles. The van der Waals surface area contributed by atoms with Crippen molar-refractivity contribution in [3.8, 4) is 5.75 Å². The molecule has 1 aliphatic carbocycles. The second kappa shape index (κ2) is 6.34. The Morgan fingerprint density at radius 1 is 1.33 bits per heavy atom. The summed E-state index contributed by atoms with van der Waals surface area (Å²) in [6, 6.07) is 4.65. The lowest BCUT2D eigenvalue weighted by Crippen LogP contribution is -2.53. The fourth-order valence-corrected chi connectivity index (χ4v) is 2.88. The number of urea groups is 1. The molecule has 21 heavy (non-hydrogen) atoms. The molecule has 0 unspecified atom stereocenters. The van der Waals surface area contributed by atoms with Gasteiger partial charge in [-0.15, -0.1) is 0 Å².